The predicted molar refractivity (Wildman–Crippen MR) is 82.7 cm³/mol. The lowest BCUT2D eigenvalue weighted by atomic mass is 9.98. The fraction of sp³-hybridized carbons (Fsp3) is 1.00. The highest BCUT2D eigenvalue weighted by Gasteiger charge is 2.14. The van der Waals surface area contributed by atoms with Gasteiger partial charge in [0.2, 0.25) is 0 Å². The summed E-state index contributed by atoms with van der Waals surface area (Å²) in [5, 5.41) is 3.49. The quantitative estimate of drug-likeness (QED) is 0.618. The van der Waals surface area contributed by atoms with Gasteiger partial charge < -0.3 is 15.0 Å². The zero-order chi connectivity index (χ0) is 13.8. The number of nitrogens with one attached hydrogen (secondary N) is 1. The molecule has 1 rings (SSSR count). The fourth-order valence-electron chi connectivity index (χ4n) is 2.71. The van der Waals surface area contributed by atoms with Crippen LogP contribution in [0, 0.1) is 5.92 Å². The number of hydrogen-bond acceptors (Lipinski definition) is 3. The summed E-state index contributed by atoms with van der Waals surface area (Å²) in [4.78, 5) is 2.63. The molecule has 0 radical (unpaired) electrons. The highest BCUT2D eigenvalue weighted by atomic mass is 16.5. The van der Waals surface area contributed by atoms with Gasteiger partial charge in [-0.15, -0.1) is 0 Å². The largest absolute Gasteiger partial charge is 0.380 e. The van der Waals surface area contributed by atoms with Crippen molar-refractivity contribution < 1.29 is 4.74 Å². The van der Waals surface area contributed by atoms with Crippen molar-refractivity contribution in [3.05, 3.63) is 0 Å². The molecule has 1 heterocycles. The lowest BCUT2D eigenvalue weighted by Crippen LogP contribution is -2.34. The second-order valence-electron chi connectivity index (χ2n) is 5.76. The Morgan fingerprint density at radius 3 is 2.79 bits per heavy atom. The van der Waals surface area contributed by atoms with Crippen molar-refractivity contribution >= 4 is 0 Å². The summed E-state index contributed by atoms with van der Waals surface area (Å²) in [6, 6.07) is 0. The van der Waals surface area contributed by atoms with Gasteiger partial charge in [0.15, 0.2) is 0 Å². The van der Waals surface area contributed by atoms with Crippen LogP contribution in [0.3, 0.4) is 0 Å². The normalized spacial score (nSPS) is 21.5. The van der Waals surface area contributed by atoms with Gasteiger partial charge in [-0.2, -0.15) is 0 Å². The number of unbranched alkanes of at least 4 members (excludes halogenated alkanes) is 1. The maximum Gasteiger partial charge on any atom is 0.0590 e. The molecule has 0 aromatic heterocycles. The van der Waals surface area contributed by atoms with Crippen LogP contribution in [0.1, 0.15) is 52.4 Å². The Morgan fingerprint density at radius 1 is 1.11 bits per heavy atom. The molecule has 19 heavy (non-hydrogen) atoms. The molecule has 1 fully saturated rings. The Labute approximate surface area is 120 Å². The molecule has 3 heteroatoms. The highest BCUT2D eigenvalue weighted by molar-refractivity contribution is 4.69. The molecule has 0 amide bonds. The average Bonchev–Trinajstić information content (AvgIpc) is 2.67. The second-order valence-corrected chi connectivity index (χ2v) is 5.76. The van der Waals surface area contributed by atoms with Crippen LogP contribution >= 0.6 is 0 Å². The standard InChI is InChI=1S/C16H34N2O/c1-3-5-14-19-15-10-17-9-13-18-11-6-7-16(4-2)8-12-18/h16-17H,3-15H2,1-2H3. The van der Waals surface area contributed by atoms with Gasteiger partial charge in [-0.25, -0.2) is 0 Å². The molecule has 1 aliphatic heterocycles. The Morgan fingerprint density at radius 2 is 2.00 bits per heavy atom. The van der Waals surface area contributed by atoms with E-state index in [0.717, 1.165) is 32.2 Å². The van der Waals surface area contributed by atoms with Gasteiger partial charge in [-0.1, -0.05) is 26.7 Å². The molecule has 1 aliphatic rings. The lowest BCUT2D eigenvalue weighted by Gasteiger charge is -2.20. The third-order valence-electron chi connectivity index (χ3n) is 4.19. The zero-order valence-electron chi connectivity index (χ0n) is 13.1. The van der Waals surface area contributed by atoms with Gasteiger partial charge in [-0.05, 0) is 44.7 Å². The SMILES string of the molecule is CCCCOCCNCCN1CCCC(CC)CC1. The monoisotopic (exact) mass is 270 g/mol. The van der Waals surface area contributed by atoms with E-state index in [1.165, 1.54) is 58.2 Å². The maximum absolute atomic E-state index is 5.54. The third-order valence-corrected chi connectivity index (χ3v) is 4.19. The predicted octanol–water partition coefficient (Wildman–Crippen LogP) is 2.90. The Kier molecular flexibility index (Phi) is 10.4. The van der Waals surface area contributed by atoms with Crippen LogP contribution in [0.4, 0.5) is 0 Å². The second kappa shape index (κ2) is 11.7. The first kappa shape index (κ1) is 16.9. The summed E-state index contributed by atoms with van der Waals surface area (Å²) in [6.07, 6.45) is 8.00. The summed E-state index contributed by atoms with van der Waals surface area (Å²) in [5.74, 6) is 0.977. The topological polar surface area (TPSA) is 24.5 Å². The molecule has 1 N–H and O–H groups in total. The molecule has 0 aromatic carbocycles. The summed E-state index contributed by atoms with van der Waals surface area (Å²) < 4.78 is 5.54. The molecular weight excluding hydrogens is 236 g/mol. The number of hydrogen-bond donors (Lipinski definition) is 1. The Balaban J connectivity index is 1.91. The van der Waals surface area contributed by atoms with Crippen molar-refractivity contribution in [3.63, 3.8) is 0 Å². The smallest absolute Gasteiger partial charge is 0.0590 e. The van der Waals surface area contributed by atoms with Crippen LogP contribution < -0.4 is 5.32 Å². The van der Waals surface area contributed by atoms with Crippen molar-refractivity contribution in [1.82, 2.24) is 10.2 Å². The van der Waals surface area contributed by atoms with Crippen LogP contribution in [0.25, 0.3) is 0 Å². The van der Waals surface area contributed by atoms with Gasteiger partial charge in [-0.3, -0.25) is 0 Å². The Bertz CT molecular complexity index is 199. The number of rotatable bonds is 10. The van der Waals surface area contributed by atoms with E-state index in [2.05, 4.69) is 24.1 Å². The van der Waals surface area contributed by atoms with Gasteiger partial charge in [0.25, 0.3) is 0 Å². The Hall–Kier alpha value is -0.120. The molecule has 114 valence electrons. The molecule has 0 aromatic rings. The van der Waals surface area contributed by atoms with Gasteiger partial charge in [0.05, 0.1) is 6.61 Å². The fourth-order valence-corrected chi connectivity index (χ4v) is 2.71. The van der Waals surface area contributed by atoms with Crippen molar-refractivity contribution in [1.29, 1.82) is 0 Å². The van der Waals surface area contributed by atoms with Crippen molar-refractivity contribution in [2.75, 3.05) is 45.9 Å². The van der Waals surface area contributed by atoms with Gasteiger partial charge in [0, 0.05) is 26.2 Å². The third kappa shape index (κ3) is 8.61. The van der Waals surface area contributed by atoms with E-state index in [9.17, 15) is 0 Å². The molecule has 0 aliphatic carbocycles. The number of nitrogens with zero attached hydrogens (tertiary/aromatic N) is 1. The first-order chi connectivity index (χ1) is 9.36. The summed E-state index contributed by atoms with van der Waals surface area (Å²) in [6.45, 7) is 12.2. The van der Waals surface area contributed by atoms with E-state index in [1.807, 2.05) is 0 Å². The van der Waals surface area contributed by atoms with Crippen molar-refractivity contribution in [2.45, 2.75) is 52.4 Å². The molecule has 1 saturated heterocycles. The minimum Gasteiger partial charge on any atom is -0.380 e. The van der Waals surface area contributed by atoms with Crippen LogP contribution in [0.5, 0.6) is 0 Å². The first-order valence-electron chi connectivity index (χ1n) is 8.37. The molecule has 0 spiro atoms. The maximum atomic E-state index is 5.54. The molecule has 0 saturated carbocycles. The van der Waals surface area contributed by atoms with Gasteiger partial charge in [0.1, 0.15) is 0 Å². The van der Waals surface area contributed by atoms with E-state index >= 15 is 0 Å². The van der Waals surface area contributed by atoms with Crippen LogP contribution in [-0.2, 0) is 4.74 Å². The van der Waals surface area contributed by atoms with Crippen molar-refractivity contribution in [2.24, 2.45) is 5.92 Å². The minimum absolute atomic E-state index is 0.859. The van der Waals surface area contributed by atoms with E-state index < -0.39 is 0 Å². The van der Waals surface area contributed by atoms with E-state index in [1.54, 1.807) is 0 Å². The number of likely N-dealkylation sites (tertiary alicyclic amines) is 1. The van der Waals surface area contributed by atoms with Crippen molar-refractivity contribution in [3.8, 4) is 0 Å². The van der Waals surface area contributed by atoms with Gasteiger partial charge >= 0.3 is 0 Å². The highest BCUT2D eigenvalue weighted by Crippen LogP contribution is 2.19. The van der Waals surface area contributed by atoms with Crippen LogP contribution in [-0.4, -0.2) is 50.8 Å². The summed E-state index contributed by atoms with van der Waals surface area (Å²) in [7, 11) is 0. The molecule has 3 nitrogen and oxygen atoms in total. The van der Waals surface area contributed by atoms with E-state index in [-0.39, 0.29) is 0 Å². The molecule has 0 bridgehead atoms. The zero-order valence-corrected chi connectivity index (χ0v) is 13.1. The lowest BCUT2D eigenvalue weighted by molar-refractivity contribution is 0.132. The minimum atomic E-state index is 0.859. The molecule has 1 unspecified atom stereocenters. The summed E-state index contributed by atoms with van der Waals surface area (Å²) in [5.41, 5.74) is 0. The number of ether oxygens (including phenoxy) is 1. The molecular formula is C16H34N2O. The summed E-state index contributed by atoms with van der Waals surface area (Å²) >= 11 is 0. The van der Waals surface area contributed by atoms with E-state index in [4.69, 9.17) is 4.74 Å². The average molecular weight is 270 g/mol. The van der Waals surface area contributed by atoms with E-state index in [0.29, 0.717) is 0 Å². The van der Waals surface area contributed by atoms with Crippen LogP contribution in [0.2, 0.25) is 0 Å². The van der Waals surface area contributed by atoms with Crippen LogP contribution in [0.15, 0.2) is 0 Å². The first-order valence-corrected chi connectivity index (χ1v) is 8.37. The molecule has 1 atom stereocenters.